The molecule has 0 unspecified atom stereocenters. The van der Waals surface area contributed by atoms with Crippen LogP contribution in [0.3, 0.4) is 0 Å². The molecule has 25 heavy (non-hydrogen) atoms. The van der Waals surface area contributed by atoms with Gasteiger partial charge in [0.1, 0.15) is 5.76 Å². The Hall–Kier alpha value is -1.34. The Morgan fingerprint density at radius 2 is 1.88 bits per heavy atom. The highest BCUT2D eigenvalue weighted by atomic mass is 32.2. The second-order valence-corrected chi connectivity index (χ2v) is 9.47. The Bertz CT molecular complexity index is 660. The average Bonchev–Trinajstić information content (AvgIpc) is 3.03. The SMILES string of the molecule is CC(C)CS(=O)(=O)CCNC(=O)c1ccc([C@@H](C)N2CCCCC2)o1. The molecule has 1 aliphatic heterocycles. The van der Waals surface area contributed by atoms with Gasteiger partial charge in [0.05, 0.1) is 17.5 Å². The number of piperidine rings is 1. The lowest BCUT2D eigenvalue weighted by atomic mass is 10.1. The number of amides is 1. The molecule has 0 bridgehead atoms. The number of likely N-dealkylation sites (tertiary alicyclic amines) is 1. The van der Waals surface area contributed by atoms with E-state index in [2.05, 4.69) is 17.1 Å². The van der Waals surface area contributed by atoms with Gasteiger partial charge in [-0.05, 0) is 50.9 Å². The van der Waals surface area contributed by atoms with Crippen LogP contribution in [0.1, 0.15) is 62.4 Å². The average molecular weight is 371 g/mol. The van der Waals surface area contributed by atoms with E-state index in [-0.39, 0.29) is 41.7 Å². The molecular weight excluding hydrogens is 340 g/mol. The van der Waals surface area contributed by atoms with Gasteiger partial charge in [0.25, 0.3) is 5.91 Å². The minimum atomic E-state index is -3.13. The van der Waals surface area contributed by atoms with Gasteiger partial charge in [-0.1, -0.05) is 20.3 Å². The second-order valence-electron chi connectivity index (χ2n) is 7.24. The summed E-state index contributed by atoms with van der Waals surface area (Å²) < 4.78 is 29.4. The Morgan fingerprint density at radius 1 is 1.20 bits per heavy atom. The Kier molecular flexibility index (Phi) is 7.07. The quantitative estimate of drug-likeness (QED) is 0.761. The summed E-state index contributed by atoms with van der Waals surface area (Å²) in [4.78, 5) is 14.5. The van der Waals surface area contributed by atoms with Crippen molar-refractivity contribution in [2.75, 3.05) is 31.1 Å². The third kappa shape index (κ3) is 6.15. The first-order valence-electron chi connectivity index (χ1n) is 9.11. The zero-order valence-corrected chi connectivity index (χ0v) is 16.3. The molecule has 1 saturated heterocycles. The fourth-order valence-electron chi connectivity index (χ4n) is 3.18. The van der Waals surface area contributed by atoms with Crippen LogP contribution < -0.4 is 5.32 Å². The molecule has 7 heteroatoms. The molecule has 1 N–H and O–H groups in total. The summed E-state index contributed by atoms with van der Waals surface area (Å²) >= 11 is 0. The minimum Gasteiger partial charge on any atom is -0.454 e. The van der Waals surface area contributed by atoms with Crippen molar-refractivity contribution < 1.29 is 17.6 Å². The van der Waals surface area contributed by atoms with Crippen molar-refractivity contribution in [2.24, 2.45) is 5.92 Å². The van der Waals surface area contributed by atoms with Gasteiger partial charge in [0.15, 0.2) is 15.6 Å². The molecule has 1 fully saturated rings. The normalized spacial score (nSPS) is 17.6. The summed E-state index contributed by atoms with van der Waals surface area (Å²) in [6.07, 6.45) is 3.67. The molecule has 0 saturated carbocycles. The molecule has 1 amide bonds. The highest BCUT2D eigenvalue weighted by molar-refractivity contribution is 7.91. The summed E-state index contributed by atoms with van der Waals surface area (Å²) in [5, 5.41) is 2.63. The van der Waals surface area contributed by atoms with Crippen molar-refractivity contribution in [3.8, 4) is 0 Å². The van der Waals surface area contributed by atoms with Crippen LogP contribution in [0.2, 0.25) is 0 Å². The lowest BCUT2D eigenvalue weighted by molar-refractivity contribution is 0.0919. The van der Waals surface area contributed by atoms with Gasteiger partial charge in [0, 0.05) is 6.54 Å². The molecule has 0 aliphatic carbocycles. The van der Waals surface area contributed by atoms with E-state index >= 15 is 0 Å². The van der Waals surface area contributed by atoms with Gasteiger partial charge in [-0.15, -0.1) is 0 Å². The van der Waals surface area contributed by atoms with Gasteiger partial charge in [-0.3, -0.25) is 9.69 Å². The number of nitrogens with one attached hydrogen (secondary N) is 1. The lowest BCUT2D eigenvalue weighted by Gasteiger charge is -2.31. The fraction of sp³-hybridized carbons (Fsp3) is 0.722. The topological polar surface area (TPSA) is 79.6 Å². The number of sulfone groups is 1. The molecule has 0 radical (unpaired) electrons. The number of hydrogen-bond donors (Lipinski definition) is 1. The number of carbonyl (C=O) groups excluding carboxylic acids is 1. The lowest BCUT2D eigenvalue weighted by Crippen LogP contribution is -2.32. The van der Waals surface area contributed by atoms with Crippen LogP contribution >= 0.6 is 0 Å². The first kappa shape index (κ1) is 20.0. The van der Waals surface area contributed by atoms with E-state index in [1.54, 1.807) is 6.07 Å². The van der Waals surface area contributed by atoms with Crippen LogP contribution in [-0.2, 0) is 9.84 Å². The van der Waals surface area contributed by atoms with Crippen LogP contribution in [0.5, 0.6) is 0 Å². The van der Waals surface area contributed by atoms with Gasteiger partial charge in [-0.25, -0.2) is 8.42 Å². The molecule has 1 aromatic heterocycles. The smallest absolute Gasteiger partial charge is 0.287 e. The molecule has 6 nitrogen and oxygen atoms in total. The third-order valence-corrected chi connectivity index (χ3v) is 6.49. The fourth-order valence-corrected chi connectivity index (χ4v) is 4.78. The Labute approximate surface area is 150 Å². The van der Waals surface area contributed by atoms with Crippen molar-refractivity contribution in [1.82, 2.24) is 10.2 Å². The van der Waals surface area contributed by atoms with Gasteiger partial charge >= 0.3 is 0 Å². The van der Waals surface area contributed by atoms with Crippen LogP contribution in [0.15, 0.2) is 16.5 Å². The largest absolute Gasteiger partial charge is 0.454 e. The molecule has 1 atom stereocenters. The number of nitrogens with zero attached hydrogens (tertiary/aromatic N) is 1. The number of furan rings is 1. The van der Waals surface area contributed by atoms with Crippen molar-refractivity contribution in [2.45, 2.75) is 46.1 Å². The van der Waals surface area contributed by atoms with Gasteiger partial charge in [-0.2, -0.15) is 0 Å². The molecule has 0 aromatic carbocycles. The molecular formula is C18H30N2O4S. The predicted octanol–water partition coefficient (Wildman–Crippen LogP) is 2.63. The maximum absolute atomic E-state index is 12.2. The van der Waals surface area contributed by atoms with Crippen LogP contribution in [0.4, 0.5) is 0 Å². The maximum Gasteiger partial charge on any atom is 0.287 e. The highest BCUT2D eigenvalue weighted by Crippen LogP contribution is 2.25. The molecule has 2 rings (SSSR count). The zero-order chi connectivity index (χ0) is 18.4. The monoisotopic (exact) mass is 370 g/mol. The van der Waals surface area contributed by atoms with E-state index in [0.29, 0.717) is 0 Å². The number of hydrogen-bond acceptors (Lipinski definition) is 5. The van der Waals surface area contributed by atoms with E-state index in [1.165, 1.54) is 19.3 Å². The van der Waals surface area contributed by atoms with Crippen LogP contribution in [-0.4, -0.2) is 50.4 Å². The molecule has 1 aliphatic rings. The van der Waals surface area contributed by atoms with E-state index in [0.717, 1.165) is 18.8 Å². The molecule has 2 heterocycles. The standard InChI is InChI=1S/C18H30N2O4S/c1-14(2)13-25(22,23)12-9-19-18(21)17-8-7-16(24-17)15(3)20-10-5-4-6-11-20/h7-8,14-15H,4-6,9-13H2,1-3H3,(H,19,21)/t15-/m1/s1. The summed E-state index contributed by atoms with van der Waals surface area (Å²) in [6.45, 7) is 8.03. The maximum atomic E-state index is 12.2. The van der Waals surface area contributed by atoms with E-state index in [4.69, 9.17) is 4.42 Å². The van der Waals surface area contributed by atoms with Gasteiger partial charge < -0.3 is 9.73 Å². The van der Waals surface area contributed by atoms with Crippen molar-refractivity contribution >= 4 is 15.7 Å². The number of carbonyl (C=O) groups is 1. The summed E-state index contributed by atoms with van der Waals surface area (Å²) in [5.74, 6) is 0.830. The van der Waals surface area contributed by atoms with Gasteiger partial charge in [0.2, 0.25) is 0 Å². The Balaban J connectivity index is 1.85. The summed E-state index contributed by atoms with van der Waals surface area (Å²) in [6, 6.07) is 3.64. The first-order valence-corrected chi connectivity index (χ1v) is 10.9. The van der Waals surface area contributed by atoms with Crippen molar-refractivity contribution in [1.29, 1.82) is 0 Å². The third-order valence-electron chi connectivity index (χ3n) is 4.49. The molecule has 142 valence electrons. The minimum absolute atomic E-state index is 0.0470. The molecule has 0 spiro atoms. The van der Waals surface area contributed by atoms with Crippen molar-refractivity contribution in [3.63, 3.8) is 0 Å². The van der Waals surface area contributed by atoms with Crippen LogP contribution in [0.25, 0.3) is 0 Å². The van der Waals surface area contributed by atoms with Crippen LogP contribution in [0, 0.1) is 5.92 Å². The van der Waals surface area contributed by atoms with Crippen molar-refractivity contribution in [3.05, 3.63) is 23.7 Å². The second kappa shape index (κ2) is 8.85. The van der Waals surface area contributed by atoms with E-state index < -0.39 is 9.84 Å². The summed E-state index contributed by atoms with van der Waals surface area (Å²) in [5.41, 5.74) is 0. The highest BCUT2D eigenvalue weighted by Gasteiger charge is 2.22. The number of rotatable bonds is 8. The predicted molar refractivity (Wildman–Crippen MR) is 98.4 cm³/mol. The van der Waals surface area contributed by atoms with E-state index in [9.17, 15) is 13.2 Å². The Morgan fingerprint density at radius 3 is 2.52 bits per heavy atom. The summed E-state index contributed by atoms with van der Waals surface area (Å²) in [7, 11) is -3.13. The zero-order valence-electron chi connectivity index (χ0n) is 15.5. The molecule has 1 aromatic rings. The van der Waals surface area contributed by atoms with E-state index in [1.807, 2.05) is 19.9 Å². The first-order chi connectivity index (χ1) is 11.8.